The Kier molecular flexibility index (Phi) is 4.10. The van der Waals surface area contributed by atoms with Gasteiger partial charge in [0.1, 0.15) is 5.82 Å². The molecule has 2 N–H and O–H groups in total. The van der Waals surface area contributed by atoms with Crippen LogP contribution >= 0.6 is 0 Å². The number of likely N-dealkylation sites (tertiary alicyclic amines) is 1. The number of nitrogens with two attached hydrogens (primary N) is 1. The number of rotatable bonds is 1. The molecule has 0 aliphatic carbocycles. The highest BCUT2D eigenvalue weighted by Gasteiger charge is 2.36. The van der Waals surface area contributed by atoms with Gasteiger partial charge in [0.25, 0.3) is 5.91 Å². The van der Waals surface area contributed by atoms with Crippen molar-refractivity contribution >= 4 is 5.91 Å². The number of carbonyl (C=O) groups is 1. The third-order valence-corrected chi connectivity index (χ3v) is 3.68. The first-order valence-electron chi connectivity index (χ1n) is 6.76. The zero-order valence-corrected chi connectivity index (χ0v) is 11.9. The molecule has 0 radical (unpaired) electrons. The van der Waals surface area contributed by atoms with E-state index in [1.165, 1.54) is 12.1 Å². The number of hydrogen-bond acceptors (Lipinski definition) is 2. The standard InChI is InChI=1S/C16H19FN2O/c1-16(2)8-4-10-19(16)15(20)13-7-6-12(5-3-9-18)11-14(13)17/h6-7,11H,4,8-10,18H2,1-2H3. The lowest BCUT2D eigenvalue weighted by Gasteiger charge is -2.31. The second-order valence-corrected chi connectivity index (χ2v) is 5.57. The van der Waals surface area contributed by atoms with Crippen molar-refractivity contribution in [3.63, 3.8) is 0 Å². The average molecular weight is 274 g/mol. The van der Waals surface area contributed by atoms with Crippen molar-refractivity contribution in [1.29, 1.82) is 0 Å². The summed E-state index contributed by atoms with van der Waals surface area (Å²) in [6.07, 6.45) is 1.90. The molecule has 106 valence electrons. The molecule has 20 heavy (non-hydrogen) atoms. The first-order valence-corrected chi connectivity index (χ1v) is 6.76. The minimum absolute atomic E-state index is 0.110. The Hall–Kier alpha value is -1.86. The Bertz CT molecular complexity index is 584. The molecule has 0 aromatic heterocycles. The Morgan fingerprint density at radius 1 is 1.50 bits per heavy atom. The van der Waals surface area contributed by atoms with Crippen LogP contribution in [0, 0.1) is 17.7 Å². The van der Waals surface area contributed by atoms with E-state index in [4.69, 9.17) is 5.73 Å². The molecule has 0 saturated carbocycles. The fraction of sp³-hybridized carbons (Fsp3) is 0.438. The molecule has 1 aromatic rings. The molecule has 1 heterocycles. The number of hydrogen-bond donors (Lipinski definition) is 1. The van der Waals surface area contributed by atoms with Crippen LogP contribution < -0.4 is 5.73 Å². The van der Waals surface area contributed by atoms with Crippen LogP contribution in [0.1, 0.15) is 42.6 Å². The van der Waals surface area contributed by atoms with E-state index in [0.29, 0.717) is 12.1 Å². The molecule has 0 bridgehead atoms. The van der Waals surface area contributed by atoms with E-state index in [1.807, 2.05) is 13.8 Å². The predicted molar refractivity (Wildman–Crippen MR) is 76.7 cm³/mol. The molecule has 0 atom stereocenters. The molecule has 1 aliphatic heterocycles. The Labute approximate surface area is 119 Å². The summed E-state index contributed by atoms with van der Waals surface area (Å²) in [5, 5.41) is 0. The summed E-state index contributed by atoms with van der Waals surface area (Å²) in [7, 11) is 0. The van der Waals surface area contributed by atoms with Crippen molar-refractivity contribution in [2.45, 2.75) is 32.2 Å². The van der Waals surface area contributed by atoms with Gasteiger partial charge in [-0.25, -0.2) is 4.39 Å². The third kappa shape index (κ3) is 2.83. The maximum atomic E-state index is 14.1. The fourth-order valence-electron chi connectivity index (χ4n) is 2.55. The summed E-state index contributed by atoms with van der Waals surface area (Å²) < 4.78 is 14.1. The van der Waals surface area contributed by atoms with Gasteiger partial charge in [0, 0.05) is 17.6 Å². The van der Waals surface area contributed by atoms with Crippen LogP contribution in [0.3, 0.4) is 0 Å². The van der Waals surface area contributed by atoms with Gasteiger partial charge < -0.3 is 10.6 Å². The van der Waals surface area contributed by atoms with Gasteiger partial charge in [-0.3, -0.25) is 4.79 Å². The topological polar surface area (TPSA) is 46.3 Å². The van der Waals surface area contributed by atoms with Crippen molar-refractivity contribution in [2.75, 3.05) is 13.1 Å². The second kappa shape index (κ2) is 5.64. The van der Waals surface area contributed by atoms with E-state index >= 15 is 0 Å². The van der Waals surface area contributed by atoms with Crippen molar-refractivity contribution < 1.29 is 9.18 Å². The smallest absolute Gasteiger partial charge is 0.257 e. The maximum Gasteiger partial charge on any atom is 0.257 e. The van der Waals surface area contributed by atoms with Crippen LogP contribution in [-0.4, -0.2) is 29.4 Å². The van der Waals surface area contributed by atoms with Crippen molar-refractivity contribution in [3.05, 3.63) is 35.1 Å². The summed E-state index contributed by atoms with van der Waals surface area (Å²) in [4.78, 5) is 14.2. The minimum Gasteiger partial charge on any atom is -0.333 e. The highest BCUT2D eigenvalue weighted by molar-refractivity contribution is 5.95. The molecule has 0 unspecified atom stereocenters. The zero-order valence-electron chi connectivity index (χ0n) is 11.9. The van der Waals surface area contributed by atoms with E-state index in [9.17, 15) is 9.18 Å². The largest absolute Gasteiger partial charge is 0.333 e. The van der Waals surface area contributed by atoms with Gasteiger partial charge in [-0.2, -0.15) is 0 Å². The normalized spacial score (nSPS) is 16.7. The summed E-state index contributed by atoms with van der Waals surface area (Å²) in [5.41, 5.74) is 5.71. The van der Waals surface area contributed by atoms with Gasteiger partial charge in [0.05, 0.1) is 12.1 Å². The van der Waals surface area contributed by atoms with Crippen molar-refractivity contribution in [3.8, 4) is 11.8 Å². The fourth-order valence-corrected chi connectivity index (χ4v) is 2.55. The van der Waals surface area contributed by atoms with Gasteiger partial charge >= 0.3 is 0 Å². The first kappa shape index (κ1) is 14.5. The SMILES string of the molecule is CC1(C)CCCN1C(=O)c1ccc(C#CCN)cc1F. The monoisotopic (exact) mass is 274 g/mol. The predicted octanol–water partition coefficient (Wildman–Crippen LogP) is 2.15. The average Bonchev–Trinajstić information content (AvgIpc) is 2.75. The summed E-state index contributed by atoms with van der Waals surface area (Å²) >= 11 is 0. The van der Waals surface area contributed by atoms with E-state index < -0.39 is 5.82 Å². The first-order chi connectivity index (χ1) is 9.45. The number of nitrogens with zero attached hydrogens (tertiary/aromatic N) is 1. The van der Waals surface area contributed by atoms with Gasteiger partial charge in [-0.1, -0.05) is 11.8 Å². The lowest BCUT2D eigenvalue weighted by molar-refractivity contribution is 0.0647. The summed E-state index contributed by atoms with van der Waals surface area (Å²) in [5.74, 6) is 4.65. The van der Waals surface area contributed by atoms with E-state index in [-0.39, 0.29) is 23.6 Å². The molecular weight excluding hydrogens is 255 g/mol. The Balaban J connectivity index is 2.27. The highest BCUT2D eigenvalue weighted by atomic mass is 19.1. The Morgan fingerprint density at radius 2 is 2.25 bits per heavy atom. The van der Waals surface area contributed by atoms with Crippen LogP contribution in [0.5, 0.6) is 0 Å². The molecule has 3 nitrogen and oxygen atoms in total. The molecule has 4 heteroatoms. The van der Waals surface area contributed by atoms with Gasteiger partial charge in [0.2, 0.25) is 0 Å². The highest BCUT2D eigenvalue weighted by Crippen LogP contribution is 2.30. The quantitative estimate of drug-likeness (QED) is 0.798. The molecule has 1 aliphatic rings. The lowest BCUT2D eigenvalue weighted by atomic mass is 10.0. The molecular formula is C16H19FN2O. The Morgan fingerprint density at radius 3 is 2.80 bits per heavy atom. The summed E-state index contributed by atoms with van der Waals surface area (Å²) in [6.45, 7) is 4.93. The number of amides is 1. The molecule has 1 aromatic carbocycles. The van der Waals surface area contributed by atoms with Crippen LogP contribution in [0.4, 0.5) is 4.39 Å². The van der Waals surface area contributed by atoms with Gasteiger partial charge in [0.15, 0.2) is 0 Å². The van der Waals surface area contributed by atoms with E-state index in [0.717, 1.165) is 12.8 Å². The number of benzene rings is 1. The maximum absolute atomic E-state index is 14.1. The van der Waals surface area contributed by atoms with Crippen molar-refractivity contribution in [2.24, 2.45) is 5.73 Å². The van der Waals surface area contributed by atoms with Crippen LogP contribution in [0.15, 0.2) is 18.2 Å². The number of halogens is 1. The number of carbonyl (C=O) groups excluding carboxylic acids is 1. The van der Waals surface area contributed by atoms with E-state index in [2.05, 4.69) is 11.8 Å². The van der Waals surface area contributed by atoms with Crippen LogP contribution in [0.25, 0.3) is 0 Å². The molecule has 1 saturated heterocycles. The molecule has 2 rings (SSSR count). The van der Waals surface area contributed by atoms with Gasteiger partial charge in [-0.15, -0.1) is 0 Å². The molecule has 1 amide bonds. The molecule has 0 spiro atoms. The lowest BCUT2D eigenvalue weighted by Crippen LogP contribution is -2.42. The molecule has 1 fully saturated rings. The van der Waals surface area contributed by atoms with Crippen molar-refractivity contribution in [1.82, 2.24) is 4.90 Å². The van der Waals surface area contributed by atoms with Crippen LogP contribution in [0.2, 0.25) is 0 Å². The summed E-state index contributed by atoms with van der Waals surface area (Å²) in [6, 6.07) is 4.45. The van der Waals surface area contributed by atoms with Crippen LogP contribution in [-0.2, 0) is 0 Å². The van der Waals surface area contributed by atoms with Gasteiger partial charge in [-0.05, 0) is 44.9 Å². The minimum atomic E-state index is -0.526. The third-order valence-electron chi connectivity index (χ3n) is 3.68. The second-order valence-electron chi connectivity index (χ2n) is 5.57. The zero-order chi connectivity index (χ0) is 14.8. The van der Waals surface area contributed by atoms with E-state index in [1.54, 1.807) is 11.0 Å².